The van der Waals surface area contributed by atoms with E-state index in [1.807, 2.05) is 11.0 Å². The van der Waals surface area contributed by atoms with Crippen LogP contribution in [0.15, 0.2) is 22.8 Å². The lowest BCUT2D eigenvalue weighted by atomic mass is 10.0. The lowest BCUT2D eigenvalue weighted by Crippen LogP contribution is -2.57. The third kappa shape index (κ3) is 3.14. The van der Waals surface area contributed by atoms with E-state index >= 15 is 0 Å². The second-order valence-electron chi connectivity index (χ2n) is 7.77. The molecule has 0 aliphatic carbocycles. The first-order valence-electron chi connectivity index (χ1n) is 9.66. The minimum absolute atomic E-state index is 0.0890. The number of fused-ring (bicyclic) bond motifs is 1. The summed E-state index contributed by atoms with van der Waals surface area (Å²) >= 11 is 0. The minimum Gasteiger partial charge on any atom is -0.463 e. The Kier molecular flexibility index (Phi) is 4.76. The van der Waals surface area contributed by atoms with Crippen LogP contribution in [0.25, 0.3) is 11.0 Å². The van der Waals surface area contributed by atoms with Gasteiger partial charge in [0.1, 0.15) is 11.8 Å². The zero-order chi connectivity index (χ0) is 18.3. The predicted octanol–water partition coefficient (Wildman–Crippen LogP) is 3.37. The zero-order valence-corrected chi connectivity index (χ0v) is 16.0. The van der Waals surface area contributed by atoms with Gasteiger partial charge < -0.3 is 14.1 Å². The Hall–Kier alpha value is -1.85. The van der Waals surface area contributed by atoms with Crippen LogP contribution in [-0.4, -0.2) is 60.6 Å². The quantitative estimate of drug-likeness (QED) is 0.828. The Morgan fingerprint density at radius 2 is 1.85 bits per heavy atom. The molecule has 2 aromatic rings. The molecule has 1 aromatic heterocycles. The van der Waals surface area contributed by atoms with Crippen molar-refractivity contribution in [2.75, 3.05) is 32.8 Å². The molecule has 0 spiro atoms. The first-order chi connectivity index (χ1) is 12.5. The second kappa shape index (κ2) is 7.05. The van der Waals surface area contributed by atoms with Crippen molar-refractivity contribution in [2.24, 2.45) is 0 Å². The molecule has 4 rings (SSSR count). The fourth-order valence-electron chi connectivity index (χ4n) is 4.27. The number of hydrogen-bond donors (Lipinski definition) is 0. The smallest absolute Gasteiger partial charge is 0.258 e. The number of hydrogen-bond acceptors (Lipinski definition) is 4. The maximum Gasteiger partial charge on any atom is 0.258 e. The summed E-state index contributed by atoms with van der Waals surface area (Å²) in [6.45, 7) is 10.7. The number of furan rings is 1. The molecule has 1 amide bonds. The van der Waals surface area contributed by atoms with E-state index in [2.05, 4.69) is 31.7 Å². The predicted molar refractivity (Wildman–Crippen MR) is 102 cm³/mol. The van der Waals surface area contributed by atoms with Crippen LogP contribution in [0.1, 0.15) is 41.3 Å². The van der Waals surface area contributed by atoms with Crippen LogP contribution in [0.4, 0.5) is 0 Å². The van der Waals surface area contributed by atoms with Crippen LogP contribution in [0.2, 0.25) is 0 Å². The van der Waals surface area contributed by atoms with Crippen LogP contribution in [-0.2, 0) is 4.74 Å². The number of carbonyl (C=O) groups excluding carboxylic acids is 1. The Labute approximate surface area is 154 Å². The summed E-state index contributed by atoms with van der Waals surface area (Å²) in [6.07, 6.45) is 3.83. The number of amides is 1. The van der Waals surface area contributed by atoms with Crippen LogP contribution >= 0.6 is 0 Å². The van der Waals surface area contributed by atoms with E-state index in [9.17, 15) is 4.79 Å². The number of rotatable bonds is 2. The van der Waals surface area contributed by atoms with Gasteiger partial charge in [-0.3, -0.25) is 9.69 Å². The first kappa shape index (κ1) is 17.6. The largest absolute Gasteiger partial charge is 0.463 e. The normalized spacial score (nSPS) is 22.9. The summed E-state index contributed by atoms with van der Waals surface area (Å²) in [7, 11) is 0. The Bertz CT molecular complexity index is 807. The van der Waals surface area contributed by atoms with E-state index in [1.165, 1.54) is 11.1 Å². The summed E-state index contributed by atoms with van der Waals surface area (Å²) in [5.41, 5.74) is 3.86. The van der Waals surface area contributed by atoms with Gasteiger partial charge in [0.15, 0.2) is 0 Å². The van der Waals surface area contributed by atoms with E-state index in [4.69, 9.17) is 9.15 Å². The van der Waals surface area contributed by atoms with Gasteiger partial charge in [0.2, 0.25) is 0 Å². The molecule has 140 valence electrons. The van der Waals surface area contributed by atoms with Crippen LogP contribution in [0.3, 0.4) is 0 Å². The zero-order valence-electron chi connectivity index (χ0n) is 16.0. The summed E-state index contributed by atoms with van der Waals surface area (Å²) < 4.78 is 11.2. The molecule has 0 N–H and O–H groups in total. The van der Waals surface area contributed by atoms with Crippen molar-refractivity contribution in [3.05, 3.63) is 35.1 Å². The number of carbonyl (C=O) groups is 1. The molecule has 5 nitrogen and oxygen atoms in total. The SMILES string of the molecule is Cc1cc2occ(C(=O)N3CCN(C4CCOCC4)C[C@H]3C)c2cc1C. The Morgan fingerprint density at radius 3 is 2.58 bits per heavy atom. The highest BCUT2D eigenvalue weighted by Gasteiger charge is 2.33. The summed E-state index contributed by atoms with van der Waals surface area (Å²) in [6, 6.07) is 4.90. The monoisotopic (exact) mass is 356 g/mol. The van der Waals surface area contributed by atoms with Gasteiger partial charge in [-0.1, -0.05) is 0 Å². The Morgan fingerprint density at radius 1 is 1.12 bits per heavy atom. The van der Waals surface area contributed by atoms with E-state index < -0.39 is 0 Å². The molecule has 26 heavy (non-hydrogen) atoms. The van der Waals surface area contributed by atoms with Crippen LogP contribution in [0, 0.1) is 13.8 Å². The average molecular weight is 356 g/mol. The molecule has 0 unspecified atom stereocenters. The molecule has 0 bridgehead atoms. The van der Waals surface area contributed by atoms with E-state index in [0.29, 0.717) is 11.6 Å². The number of piperazine rings is 1. The highest BCUT2D eigenvalue weighted by Crippen LogP contribution is 2.27. The molecule has 2 saturated heterocycles. The lowest BCUT2D eigenvalue weighted by molar-refractivity contribution is 0.000741. The standard InChI is InChI=1S/C21H28N2O3/c1-14-10-18-19(13-26-20(18)11-15(14)2)21(24)23-7-6-22(12-16(23)3)17-4-8-25-9-5-17/h10-11,13,16-17H,4-9,12H2,1-3H3/t16-/m1/s1. The van der Waals surface area contributed by atoms with Gasteiger partial charge in [-0.15, -0.1) is 0 Å². The van der Waals surface area contributed by atoms with E-state index in [0.717, 1.165) is 56.7 Å². The number of benzene rings is 1. The third-order valence-corrected chi connectivity index (χ3v) is 6.05. The average Bonchev–Trinajstić information content (AvgIpc) is 3.05. The molecule has 1 aromatic carbocycles. The topological polar surface area (TPSA) is 45.9 Å². The van der Waals surface area contributed by atoms with Crippen LogP contribution < -0.4 is 0 Å². The first-order valence-corrected chi connectivity index (χ1v) is 9.66. The van der Waals surface area contributed by atoms with Crippen LogP contribution in [0.5, 0.6) is 0 Å². The van der Waals surface area contributed by atoms with Crippen molar-refractivity contribution in [3.63, 3.8) is 0 Å². The number of ether oxygens (including phenoxy) is 1. The number of aryl methyl sites for hydroxylation is 2. The van der Waals surface area contributed by atoms with Crippen molar-refractivity contribution >= 4 is 16.9 Å². The van der Waals surface area contributed by atoms with Gasteiger partial charge in [0.05, 0.1) is 5.56 Å². The third-order valence-electron chi connectivity index (χ3n) is 6.05. The maximum absolute atomic E-state index is 13.2. The van der Waals surface area contributed by atoms with Crippen molar-refractivity contribution in [3.8, 4) is 0 Å². The molecule has 0 radical (unpaired) electrons. The van der Waals surface area contributed by atoms with Crippen molar-refractivity contribution in [2.45, 2.75) is 45.7 Å². The summed E-state index contributed by atoms with van der Waals surface area (Å²) in [4.78, 5) is 17.7. The van der Waals surface area contributed by atoms with E-state index in [1.54, 1.807) is 6.26 Å². The van der Waals surface area contributed by atoms with Crippen molar-refractivity contribution < 1.29 is 13.9 Å². The molecular weight excluding hydrogens is 328 g/mol. The highest BCUT2D eigenvalue weighted by atomic mass is 16.5. The highest BCUT2D eigenvalue weighted by molar-refractivity contribution is 6.06. The molecule has 0 saturated carbocycles. The van der Waals surface area contributed by atoms with E-state index in [-0.39, 0.29) is 11.9 Å². The van der Waals surface area contributed by atoms with Gasteiger partial charge in [-0.2, -0.15) is 0 Å². The fourth-order valence-corrected chi connectivity index (χ4v) is 4.27. The molecule has 2 aliphatic rings. The van der Waals surface area contributed by atoms with Crippen molar-refractivity contribution in [1.29, 1.82) is 0 Å². The summed E-state index contributed by atoms with van der Waals surface area (Å²) in [5.74, 6) is 0.0890. The second-order valence-corrected chi connectivity index (χ2v) is 7.77. The molecular formula is C21H28N2O3. The van der Waals surface area contributed by atoms with Gasteiger partial charge in [-0.05, 0) is 56.9 Å². The van der Waals surface area contributed by atoms with Crippen molar-refractivity contribution in [1.82, 2.24) is 9.80 Å². The molecule has 5 heteroatoms. The van der Waals surface area contributed by atoms with Gasteiger partial charge in [0.25, 0.3) is 5.91 Å². The minimum atomic E-state index is 0.0890. The van der Waals surface area contributed by atoms with Gasteiger partial charge in [0, 0.05) is 50.3 Å². The molecule has 1 atom stereocenters. The summed E-state index contributed by atoms with van der Waals surface area (Å²) in [5, 5.41) is 0.928. The van der Waals surface area contributed by atoms with Gasteiger partial charge in [-0.25, -0.2) is 0 Å². The Balaban J connectivity index is 1.51. The van der Waals surface area contributed by atoms with Gasteiger partial charge >= 0.3 is 0 Å². The number of nitrogens with zero attached hydrogens (tertiary/aromatic N) is 2. The fraction of sp³-hybridized carbons (Fsp3) is 0.571. The molecule has 2 fully saturated rings. The molecule has 3 heterocycles. The lowest BCUT2D eigenvalue weighted by Gasteiger charge is -2.44. The maximum atomic E-state index is 13.2. The molecule has 2 aliphatic heterocycles.